The second-order valence-corrected chi connectivity index (χ2v) is 5.73. The largest absolute Gasteiger partial charge is 0.339 e. The number of nitro groups is 1. The lowest BCUT2D eigenvalue weighted by Crippen LogP contribution is -2.12. The van der Waals surface area contributed by atoms with E-state index in [0.717, 1.165) is 11.1 Å². The third-order valence-corrected chi connectivity index (χ3v) is 3.68. The molecule has 132 valence electrons. The summed E-state index contributed by atoms with van der Waals surface area (Å²) in [7, 11) is 0. The Labute approximate surface area is 149 Å². The van der Waals surface area contributed by atoms with Gasteiger partial charge in [0.05, 0.1) is 4.92 Å². The number of aryl methyl sites for hydroxylation is 2. The maximum absolute atomic E-state index is 12.0. The van der Waals surface area contributed by atoms with Crippen molar-refractivity contribution in [3.63, 3.8) is 0 Å². The lowest BCUT2D eigenvalue weighted by atomic mass is 10.1. The molecule has 1 heterocycles. The number of nitrogens with zero attached hydrogens (tertiary/aromatic N) is 3. The molecule has 0 fully saturated rings. The maximum atomic E-state index is 12.0. The van der Waals surface area contributed by atoms with Crippen LogP contribution in [0.5, 0.6) is 0 Å². The number of carbonyl (C=O) groups is 1. The number of non-ortho nitro benzene ring substituents is 1. The second kappa shape index (κ2) is 7.56. The molecule has 0 saturated carbocycles. The van der Waals surface area contributed by atoms with Crippen LogP contribution in [0.15, 0.2) is 53.1 Å². The van der Waals surface area contributed by atoms with Gasteiger partial charge in [0.25, 0.3) is 5.69 Å². The standard InChI is InChI=1S/C18H16N4O4/c1-12-5-7-13(8-6-12)18-20-17(26-21-18)10-9-16(23)19-14-3-2-4-15(11-14)22(24)25/h2-8,11H,9-10H2,1H3,(H,19,23). The van der Waals surface area contributed by atoms with Crippen molar-refractivity contribution in [1.29, 1.82) is 0 Å². The zero-order valence-corrected chi connectivity index (χ0v) is 14.0. The molecule has 0 atom stereocenters. The highest BCUT2D eigenvalue weighted by Gasteiger charge is 2.12. The van der Waals surface area contributed by atoms with Crippen molar-refractivity contribution in [2.75, 3.05) is 5.32 Å². The summed E-state index contributed by atoms with van der Waals surface area (Å²) < 4.78 is 5.17. The molecular weight excluding hydrogens is 336 g/mol. The number of rotatable bonds is 6. The van der Waals surface area contributed by atoms with Gasteiger partial charge in [0.2, 0.25) is 17.6 Å². The molecule has 0 bridgehead atoms. The Morgan fingerprint density at radius 3 is 2.73 bits per heavy atom. The highest BCUT2D eigenvalue weighted by molar-refractivity contribution is 5.91. The van der Waals surface area contributed by atoms with Gasteiger partial charge in [-0.25, -0.2) is 0 Å². The van der Waals surface area contributed by atoms with Crippen LogP contribution >= 0.6 is 0 Å². The highest BCUT2D eigenvalue weighted by Crippen LogP contribution is 2.18. The fourth-order valence-corrected chi connectivity index (χ4v) is 2.32. The molecule has 3 aromatic rings. The molecule has 8 heteroatoms. The number of carbonyl (C=O) groups excluding carboxylic acids is 1. The van der Waals surface area contributed by atoms with E-state index in [1.54, 1.807) is 6.07 Å². The van der Waals surface area contributed by atoms with Crippen molar-refractivity contribution in [1.82, 2.24) is 10.1 Å². The van der Waals surface area contributed by atoms with E-state index in [4.69, 9.17) is 4.52 Å². The Kier molecular flexibility index (Phi) is 5.02. The van der Waals surface area contributed by atoms with Crippen LogP contribution in [-0.4, -0.2) is 21.0 Å². The SMILES string of the molecule is Cc1ccc(-c2noc(CCC(=O)Nc3cccc([N+](=O)[O-])c3)n2)cc1. The fourth-order valence-electron chi connectivity index (χ4n) is 2.32. The van der Waals surface area contributed by atoms with Crippen LogP contribution in [-0.2, 0) is 11.2 Å². The van der Waals surface area contributed by atoms with E-state index in [1.807, 2.05) is 31.2 Å². The Morgan fingerprint density at radius 2 is 2.00 bits per heavy atom. The van der Waals surface area contributed by atoms with Gasteiger partial charge in [0, 0.05) is 36.2 Å². The van der Waals surface area contributed by atoms with Crippen molar-refractivity contribution >= 4 is 17.3 Å². The van der Waals surface area contributed by atoms with E-state index in [0.29, 0.717) is 17.4 Å². The molecular formula is C18H16N4O4. The summed E-state index contributed by atoms with van der Waals surface area (Å²) in [6.45, 7) is 1.99. The van der Waals surface area contributed by atoms with E-state index in [1.165, 1.54) is 18.2 Å². The minimum atomic E-state index is -0.513. The summed E-state index contributed by atoms with van der Waals surface area (Å²) in [4.78, 5) is 26.5. The molecule has 2 aromatic carbocycles. The molecule has 8 nitrogen and oxygen atoms in total. The number of hydrogen-bond donors (Lipinski definition) is 1. The Bertz CT molecular complexity index is 934. The number of nitro benzene ring substituents is 1. The Balaban J connectivity index is 1.57. The number of nitrogens with one attached hydrogen (secondary N) is 1. The van der Waals surface area contributed by atoms with Gasteiger partial charge >= 0.3 is 0 Å². The third-order valence-electron chi connectivity index (χ3n) is 3.68. The molecule has 26 heavy (non-hydrogen) atoms. The van der Waals surface area contributed by atoms with Crippen LogP contribution in [0, 0.1) is 17.0 Å². The summed E-state index contributed by atoms with van der Waals surface area (Å²) in [5.74, 6) is 0.537. The zero-order valence-electron chi connectivity index (χ0n) is 14.0. The van der Waals surface area contributed by atoms with E-state index in [-0.39, 0.29) is 24.4 Å². The van der Waals surface area contributed by atoms with Gasteiger partial charge in [-0.15, -0.1) is 0 Å². The second-order valence-electron chi connectivity index (χ2n) is 5.73. The first-order valence-electron chi connectivity index (χ1n) is 7.95. The number of benzene rings is 2. The molecule has 0 unspecified atom stereocenters. The Hall–Kier alpha value is -3.55. The molecule has 0 saturated heterocycles. The number of amides is 1. The number of anilines is 1. The van der Waals surface area contributed by atoms with Crippen molar-refractivity contribution in [2.24, 2.45) is 0 Å². The van der Waals surface area contributed by atoms with Gasteiger partial charge in [-0.1, -0.05) is 41.1 Å². The first kappa shape index (κ1) is 17.3. The van der Waals surface area contributed by atoms with Crippen LogP contribution in [0.1, 0.15) is 17.9 Å². The van der Waals surface area contributed by atoms with Crippen molar-refractivity contribution in [3.05, 3.63) is 70.1 Å². The first-order chi connectivity index (χ1) is 12.5. The summed E-state index contributed by atoms with van der Waals surface area (Å²) in [5.41, 5.74) is 2.26. The van der Waals surface area contributed by atoms with Gasteiger partial charge in [-0.05, 0) is 13.0 Å². The third kappa shape index (κ3) is 4.29. The van der Waals surface area contributed by atoms with Gasteiger partial charge in [0.1, 0.15) is 0 Å². The van der Waals surface area contributed by atoms with Crippen molar-refractivity contribution < 1.29 is 14.2 Å². The van der Waals surface area contributed by atoms with Gasteiger partial charge in [-0.3, -0.25) is 14.9 Å². The Morgan fingerprint density at radius 1 is 1.23 bits per heavy atom. The predicted octanol–water partition coefficient (Wildman–Crippen LogP) is 3.52. The lowest BCUT2D eigenvalue weighted by Gasteiger charge is -2.03. The number of hydrogen-bond acceptors (Lipinski definition) is 6. The van der Waals surface area contributed by atoms with Crippen LogP contribution < -0.4 is 5.32 Å². The van der Waals surface area contributed by atoms with Crippen LogP contribution in [0.3, 0.4) is 0 Å². The first-order valence-corrected chi connectivity index (χ1v) is 7.95. The molecule has 3 rings (SSSR count). The molecule has 0 aliphatic carbocycles. The summed E-state index contributed by atoms with van der Waals surface area (Å²) >= 11 is 0. The summed E-state index contributed by atoms with van der Waals surface area (Å²) in [5, 5.41) is 17.3. The molecule has 0 aliphatic heterocycles. The average molecular weight is 352 g/mol. The molecule has 1 amide bonds. The normalized spacial score (nSPS) is 10.5. The molecule has 1 aromatic heterocycles. The molecule has 1 N–H and O–H groups in total. The van der Waals surface area contributed by atoms with Crippen LogP contribution in [0.2, 0.25) is 0 Å². The monoisotopic (exact) mass is 352 g/mol. The minimum absolute atomic E-state index is 0.0811. The van der Waals surface area contributed by atoms with Gasteiger partial charge in [-0.2, -0.15) is 4.98 Å². The van der Waals surface area contributed by atoms with Crippen LogP contribution in [0.25, 0.3) is 11.4 Å². The topological polar surface area (TPSA) is 111 Å². The van der Waals surface area contributed by atoms with Crippen molar-refractivity contribution in [3.8, 4) is 11.4 Å². The summed E-state index contributed by atoms with van der Waals surface area (Å²) in [6.07, 6.45) is 0.401. The van der Waals surface area contributed by atoms with E-state index in [2.05, 4.69) is 15.5 Å². The number of aromatic nitrogens is 2. The van der Waals surface area contributed by atoms with Crippen molar-refractivity contribution in [2.45, 2.75) is 19.8 Å². The molecule has 0 radical (unpaired) electrons. The quantitative estimate of drug-likeness (QED) is 0.536. The minimum Gasteiger partial charge on any atom is -0.339 e. The van der Waals surface area contributed by atoms with E-state index >= 15 is 0 Å². The van der Waals surface area contributed by atoms with E-state index < -0.39 is 4.92 Å². The molecule has 0 aliphatic rings. The smallest absolute Gasteiger partial charge is 0.271 e. The lowest BCUT2D eigenvalue weighted by molar-refractivity contribution is -0.384. The molecule has 0 spiro atoms. The van der Waals surface area contributed by atoms with Crippen LogP contribution in [0.4, 0.5) is 11.4 Å². The summed E-state index contributed by atoms with van der Waals surface area (Å²) in [6, 6.07) is 13.5. The van der Waals surface area contributed by atoms with Gasteiger partial charge < -0.3 is 9.84 Å². The van der Waals surface area contributed by atoms with Gasteiger partial charge in [0.15, 0.2) is 0 Å². The average Bonchev–Trinajstić information content (AvgIpc) is 3.10. The fraction of sp³-hybridized carbons (Fsp3) is 0.167. The van der Waals surface area contributed by atoms with E-state index in [9.17, 15) is 14.9 Å². The highest BCUT2D eigenvalue weighted by atomic mass is 16.6. The maximum Gasteiger partial charge on any atom is 0.271 e. The predicted molar refractivity (Wildman–Crippen MR) is 94.5 cm³/mol. The zero-order chi connectivity index (χ0) is 18.5.